The van der Waals surface area contributed by atoms with Gasteiger partial charge in [-0.1, -0.05) is 12.1 Å². The van der Waals surface area contributed by atoms with Crippen LogP contribution in [0.25, 0.3) is 10.9 Å². The number of piperidine rings is 1. The fraction of sp³-hybridized carbons (Fsp3) is 0.625. The van der Waals surface area contributed by atoms with Gasteiger partial charge < -0.3 is 24.3 Å². The number of nitrogens with zero attached hydrogens (tertiary/aromatic N) is 3. The summed E-state index contributed by atoms with van der Waals surface area (Å²) in [5, 5.41) is 4.36. The summed E-state index contributed by atoms with van der Waals surface area (Å²) in [7, 11) is -0.410. The van der Waals surface area contributed by atoms with E-state index in [4.69, 9.17) is 14.0 Å². The third-order valence-corrected chi connectivity index (χ3v) is 6.61. The minimum atomic E-state index is -0.479. The number of carbonyl (C=O) groups excluding carboxylic acids is 1. The van der Waals surface area contributed by atoms with Gasteiger partial charge in [0, 0.05) is 30.7 Å². The van der Waals surface area contributed by atoms with Gasteiger partial charge in [-0.3, -0.25) is 0 Å². The first kappa shape index (κ1) is 23.8. The fourth-order valence-corrected chi connectivity index (χ4v) is 3.96. The number of fused-ring (bicyclic) bond motifs is 1. The third kappa shape index (κ3) is 5.25. The predicted octanol–water partition coefficient (Wildman–Crippen LogP) is 3.74. The van der Waals surface area contributed by atoms with Crippen molar-refractivity contribution < 1.29 is 18.8 Å². The molecule has 0 bridgehead atoms. The van der Waals surface area contributed by atoms with Crippen LogP contribution in [0.4, 0.5) is 10.7 Å². The Balaban J connectivity index is 1.38. The molecule has 1 N–H and O–H groups in total. The first-order valence-electron chi connectivity index (χ1n) is 11.7. The molecule has 0 aliphatic carbocycles. The van der Waals surface area contributed by atoms with Crippen LogP contribution >= 0.6 is 0 Å². The quantitative estimate of drug-likeness (QED) is 0.708. The molecule has 2 saturated heterocycles. The van der Waals surface area contributed by atoms with Crippen LogP contribution in [0.5, 0.6) is 0 Å². The zero-order valence-corrected chi connectivity index (χ0v) is 20.8. The molecule has 0 unspecified atom stereocenters. The lowest BCUT2D eigenvalue weighted by atomic mass is 9.78. The van der Waals surface area contributed by atoms with E-state index in [1.807, 2.05) is 72.9 Å². The lowest BCUT2D eigenvalue weighted by Gasteiger charge is -2.33. The molecule has 0 radical (unpaired) electrons. The number of likely N-dealkylation sites (tertiary alicyclic amines) is 1. The lowest BCUT2D eigenvalue weighted by molar-refractivity contribution is 0.00578. The standard InChI is InChI=1S/C24H35BN4O4/c1-22(2,3)31-21(30)29-12-10-18(11-13-29)27-20-26-15-16-14-17(8-9-19(16)28-20)25-32-23(4,5)24(6,7)33-25/h8-9,14-15,18H,10-13H2,1-7H3,(H,26,27,28). The van der Waals surface area contributed by atoms with E-state index in [1.165, 1.54) is 0 Å². The largest absolute Gasteiger partial charge is 0.494 e. The molecular formula is C24H35BN4O4. The van der Waals surface area contributed by atoms with Gasteiger partial charge in [0.2, 0.25) is 5.95 Å². The summed E-state index contributed by atoms with van der Waals surface area (Å²) >= 11 is 0. The van der Waals surface area contributed by atoms with Crippen LogP contribution in [0.15, 0.2) is 24.4 Å². The molecule has 1 amide bonds. The number of ether oxygens (including phenoxy) is 1. The Kier molecular flexibility index (Phi) is 6.07. The number of carbonyl (C=O) groups is 1. The normalized spacial score (nSPS) is 20.8. The SMILES string of the molecule is CC(C)(C)OC(=O)N1CCC(Nc2ncc3cc(B4OC(C)(C)C(C)(C)O4)ccc3n2)CC1. The maximum absolute atomic E-state index is 12.3. The van der Waals surface area contributed by atoms with Crippen molar-refractivity contribution in [2.45, 2.75) is 84.2 Å². The monoisotopic (exact) mass is 454 g/mol. The first-order chi connectivity index (χ1) is 15.3. The second kappa shape index (κ2) is 8.44. The Morgan fingerprint density at radius 1 is 1.15 bits per heavy atom. The highest BCUT2D eigenvalue weighted by atomic mass is 16.7. The zero-order valence-electron chi connectivity index (χ0n) is 20.8. The molecule has 1 aromatic heterocycles. The van der Waals surface area contributed by atoms with Crippen LogP contribution in [0.2, 0.25) is 0 Å². The fourth-order valence-electron chi connectivity index (χ4n) is 3.96. The van der Waals surface area contributed by atoms with Gasteiger partial charge in [-0.15, -0.1) is 0 Å². The minimum Gasteiger partial charge on any atom is -0.444 e. The van der Waals surface area contributed by atoms with E-state index in [0.29, 0.717) is 19.0 Å². The average molecular weight is 454 g/mol. The van der Waals surface area contributed by atoms with E-state index in [0.717, 1.165) is 29.2 Å². The molecule has 2 aliphatic rings. The van der Waals surface area contributed by atoms with Crippen LogP contribution in [-0.2, 0) is 14.0 Å². The number of amides is 1. The Labute approximate surface area is 196 Å². The summed E-state index contributed by atoms with van der Waals surface area (Å²) < 4.78 is 17.8. The summed E-state index contributed by atoms with van der Waals surface area (Å²) in [4.78, 5) is 23.2. The predicted molar refractivity (Wildman–Crippen MR) is 130 cm³/mol. The summed E-state index contributed by atoms with van der Waals surface area (Å²) in [6.07, 6.45) is 3.22. The highest BCUT2D eigenvalue weighted by Gasteiger charge is 2.51. The van der Waals surface area contributed by atoms with Gasteiger partial charge in [0.15, 0.2) is 0 Å². The van der Waals surface area contributed by atoms with Crippen LogP contribution in [-0.4, -0.2) is 64.0 Å². The highest BCUT2D eigenvalue weighted by Crippen LogP contribution is 2.36. The van der Waals surface area contributed by atoms with E-state index >= 15 is 0 Å². The molecule has 3 heterocycles. The van der Waals surface area contributed by atoms with Gasteiger partial charge in [0.05, 0.1) is 16.7 Å². The van der Waals surface area contributed by atoms with Gasteiger partial charge in [-0.2, -0.15) is 0 Å². The maximum atomic E-state index is 12.3. The third-order valence-electron chi connectivity index (χ3n) is 6.61. The average Bonchev–Trinajstić information content (AvgIpc) is 2.94. The minimum absolute atomic E-state index is 0.213. The Morgan fingerprint density at radius 2 is 1.79 bits per heavy atom. The van der Waals surface area contributed by atoms with Gasteiger partial charge in [0.25, 0.3) is 0 Å². The van der Waals surface area contributed by atoms with Crippen molar-refractivity contribution in [2.24, 2.45) is 0 Å². The second-order valence-corrected chi connectivity index (χ2v) is 11.0. The highest BCUT2D eigenvalue weighted by molar-refractivity contribution is 6.62. The molecule has 2 aliphatic heterocycles. The molecule has 8 nitrogen and oxygen atoms in total. The van der Waals surface area contributed by atoms with Gasteiger partial charge in [0.1, 0.15) is 5.60 Å². The van der Waals surface area contributed by atoms with Crippen molar-refractivity contribution in [1.82, 2.24) is 14.9 Å². The summed E-state index contributed by atoms with van der Waals surface area (Å²) in [6, 6.07) is 6.22. The number of anilines is 1. The summed E-state index contributed by atoms with van der Waals surface area (Å²) in [5.74, 6) is 0.599. The van der Waals surface area contributed by atoms with E-state index in [9.17, 15) is 4.79 Å². The topological polar surface area (TPSA) is 85.8 Å². The van der Waals surface area contributed by atoms with Crippen molar-refractivity contribution in [3.05, 3.63) is 24.4 Å². The molecule has 2 fully saturated rings. The molecule has 1 aromatic carbocycles. The van der Waals surface area contributed by atoms with Crippen molar-refractivity contribution in [1.29, 1.82) is 0 Å². The van der Waals surface area contributed by atoms with Gasteiger partial charge >= 0.3 is 13.2 Å². The first-order valence-corrected chi connectivity index (χ1v) is 11.7. The van der Waals surface area contributed by atoms with Crippen molar-refractivity contribution in [3.8, 4) is 0 Å². The molecule has 0 spiro atoms. The number of aromatic nitrogens is 2. The molecule has 9 heteroatoms. The lowest BCUT2D eigenvalue weighted by Crippen LogP contribution is -2.44. The number of rotatable bonds is 3. The Morgan fingerprint density at radius 3 is 2.39 bits per heavy atom. The summed E-state index contributed by atoms with van der Waals surface area (Å²) in [5.41, 5.74) is 0.582. The Bertz CT molecular complexity index is 1010. The smallest absolute Gasteiger partial charge is 0.444 e. The van der Waals surface area contributed by atoms with Gasteiger partial charge in [-0.25, -0.2) is 14.8 Å². The number of hydrogen-bond acceptors (Lipinski definition) is 7. The molecule has 0 saturated carbocycles. The molecular weight excluding hydrogens is 419 g/mol. The van der Waals surface area contributed by atoms with Crippen LogP contribution in [0.3, 0.4) is 0 Å². The molecule has 2 aromatic rings. The number of benzene rings is 1. The molecule has 33 heavy (non-hydrogen) atoms. The molecule has 4 rings (SSSR count). The number of hydrogen-bond donors (Lipinski definition) is 1. The second-order valence-electron chi connectivity index (χ2n) is 11.0. The van der Waals surface area contributed by atoms with Crippen molar-refractivity contribution in [3.63, 3.8) is 0 Å². The van der Waals surface area contributed by atoms with E-state index < -0.39 is 12.7 Å². The van der Waals surface area contributed by atoms with Crippen molar-refractivity contribution in [2.75, 3.05) is 18.4 Å². The van der Waals surface area contributed by atoms with E-state index in [2.05, 4.69) is 15.3 Å². The number of nitrogens with one attached hydrogen (secondary N) is 1. The van der Waals surface area contributed by atoms with Crippen molar-refractivity contribution >= 4 is 35.5 Å². The van der Waals surface area contributed by atoms with E-state index in [1.54, 1.807) is 4.90 Å². The van der Waals surface area contributed by atoms with Crippen LogP contribution in [0, 0.1) is 0 Å². The maximum Gasteiger partial charge on any atom is 0.494 e. The van der Waals surface area contributed by atoms with Crippen LogP contribution in [0.1, 0.15) is 61.3 Å². The molecule has 178 valence electrons. The summed E-state index contributed by atoms with van der Waals surface area (Å²) in [6.45, 7) is 15.1. The van der Waals surface area contributed by atoms with Crippen LogP contribution < -0.4 is 10.8 Å². The van der Waals surface area contributed by atoms with E-state index in [-0.39, 0.29) is 23.3 Å². The zero-order chi connectivity index (χ0) is 24.0. The Hall–Kier alpha value is -2.39. The van der Waals surface area contributed by atoms with Gasteiger partial charge in [-0.05, 0) is 72.8 Å². The molecule has 0 atom stereocenters.